The molecule has 0 aliphatic carbocycles. The van der Waals surface area contributed by atoms with E-state index in [4.69, 9.17) is 30.1 Å². The van der Waals surface area contributed by atoms with E-state index in [1.807, 2.05) is 40.5 Å². The number of amides is 2. The minimum Gasteiger partial charge on any atom is 0 e. The van der Waals surface area contributed by atoms with Crippen molar-refractivity contribution in [3.8, 4) is 0 Å². The molecule has 2 amide bonds. The van der Waals surface area contributed by atoms with Crippen molar-refractivity contribution in [3.63, 3.8) is 0 Å². The van der Waals surface area contributed by atoms with Gasteiger partial charge in [-0.25, -0.2) is 0 Å². The second-order valence-electron chi connectivity index (χ2n) is 2.78. The predicted octanol–water partition coefficient (Wildman–Crippen LogP) is 5.78. The summed E-state index contributed by atoms with van der Waals surface area (Å²) >= 11 is -0.556. The van der Waals surface area contributed by atoms with Crippen molar-refractivity contribution in [2.45, 2.75) is 54.4 Å². The van der Waals surface area contributed by atoms with Gasteiger partial charge in [0.05, 0.1) is 0 Å². The van der Waals surface area contributed by atoms with Gasteiger partial charge in [-0.3, -0.25) is 0 Å². The Morgan fingerprint density at radius 3 is 0.833 bits per heavy atom. The van der Waals surface area contributed by atoms with Crippen LogP contribution in [-0.4, -0.2) is 11.8 Å². The van der Waals surface area contributed by atoms with E-state index in [1.165, 1.54) is 0 Å². The molecule has 0 saturated heterocycles. The average Bonchev–Trinajstić information content (AvgIpc) is 2.32. The molecule has 136 valence electrons. The summed E-state index contributed by atoms with van der Waals surface area (Å²) in [5, 5.41) is 0. The van der Waals surface area contributed by atoms with Crippen molar-refractivity contribution in [1.82, 2.24) is 0 Å². The van der Waals surface area contributed by atoms with Crippen LogP contribution in [0.2, 0.25) is 0 Å². The smallest absolute Gasteiger partial charge is 0 e. The Morgan fingerprint density at radius 1 is 0.792 bits per heavy atom. The zero-order valence-electron chi connectivity index (χ0n) is 15.1. The minimum atomic E-state index is -0.556. The topological polar surface area (TPSA) is 81.7 Å². The molecular formula is C12H26Cl2N2O2Ti6-2. The zero-order valence-corrected chi connectivity index (χ0v) is 26.0. The van der Waals surface area contributed by atoms with E-state index in [0.717, 1.165) is 0 Å². The van der Waals surface area contributed by atoms with Gasteiger partial charge in [0.1, 0.15) is 0 Å². The summed E-state index contributed by atoms with van der Waals surface area (Å²) in [6.07, 6.45) is 4.67. The quantitative estimate of drug-likeness (QED) is 0.303. The Hall–Kier alpha value is 3.81. The molecule has 0 bridgehead atoms. The first kappa shape index (κ1) is 63.0. The number of halogens is 2. The molecular weight excluding hydrogens is 562 g/mol. The summed E-state index contributed by atoms with van der Waals surface area (Å²) in [5.41, 5.74) is 12.4. The molecule has 0 spiro atoms. The number of nitrogens with one attached hydrogen (secondary N) is 2. The largest absolute Gasteiger partial charge is 2.00 e. The third-order valence-corrected chi connectivity index (χ3v) is 0.642. The van der Waals surface area contributed by atoms with Gasteiger partial charge in [-0.15, -0.1) is 0 Å². The fourth-order valence-corrected chi connectivity index (χ4v) is 0. The van der Waals surface area contributed by atoms with Crippen LogP contribution in [0.5, 0.6) is 0 Å². The first-order valence-electron chi connectivity index (χ1n) is 5.72. The summed E-state index contributed by atoms with van der Waals surface area (Å²) in [7, 11) is 9.78. The molecule has 0 radical (unpaired) electrons. The number of carbonyl (C=O) groups is 2. The van der Waals surface area contributed by atoms with Crippen molar-refractivity contribution in [2.75, 3.05) is 0 Å². The first-order chi connectivity index (χ1) is 8.78. The Labute approximate surface area is 240 Å². The van der Waals surface area contributed by atoms with Gasteiger partial charge in [-0.2, -0.15) is 27.7 Å². The number of carbonyl (C=O) groups excluding carboxylic acids is 2. The van der Waals surface area contributed by atoms with Gasteiger partial charge in [0.2, 0.25) is 0 Å². The van der Waals surface area contributed by atoms with Crippen LogP contribution in [0.4, 0.5) is 0 Å². The third kappa shape index (κ3) is 261. The standard InChI is InChI=1S/2C3H7NO.2C3H7.2ClH.6Ti/c2*1-2-3(4)5;2*1-3-2;;;;;;;;/h2*2H2,1H3,(H2,4,5);2*3H,1-2H3;2*1H;;;;;;/q;;2*-1;;;;;;;2*+2/p-4. The Kier molecular flexibility index (Phi) is 214. The third-order valence-electron chi connectivity index (χ3n) is 0.642. The van der Waals surface area contributed by atoms with Gasteiger partial charge in [-0.05, 0) is 12.8 Å². The van der Waals surface area contributed by atoms with Crippen LogP contribution in [0.1, 0.15) is 54.4 Å². The fourth-order valence-electron chi connectivity index (χ4n) is 0. The normalized spacial score (nSPS) is 5.17. The molecule has 12 heteroatoms. The number of rotatable bonds is 2. The predicted molar refractivity (Wildman–Crippen MR) is 82.2 cm³/mol. The van der Waals surface area contributed by atoms with Crippen molar-refractivity contribution < 1.29 is 135 Å². The van der Waals surface area contributed by atoms with Crippen molar-refractivity contribution in [2.24, 2.45) is 0 Å². The SMILES string of the molecule is CCC([NH-])=O.CCC([NH-])=O.C[CH-]C.C[CH-]C.[Cl][Ti][Cl].[Ti+2].[Ti].[Ti].[Ti].[Ti]. The molecule has 0 aromatic heterocycles. The number of hydrogen-bond donors (Lipinski definition) is 0. The molecule has 2 N–H and O–H groups in total. The zero-order chi connectivity index (χ0) is 16.7. The summed E-state index contributed by atoms with van der Waals surface area (Å²) in [6, 6.07) is 0. The molecule has 0 aliphatic rings. The van der Waals surface area contributed by atoms with Crippen LogP contribution < -0.4 is 0 Å². The maximum atomic E-state index is 9.48. The van der Waals surface area contributed by atoms with Gasteiger partial charge in [-0.1, -0.05) is 13.8 Å². The van der Waals surface area contributed by atoms with Crippen LogP contribution in [-0.2, 0) is 135 Å². The molecule has 24 heavy (non-hydrogen) atoms. The van der Waals surface area contributed by atoms with E-state index in [1.54, 1.807) is 13.8 Å². The van der Waals surface area contributed by atoms with Gasteiger partial charge in [0.25, 0.3) is 0 Å². The first-order valence-corrected chi connectivity index (χ1v) is 10.0. The molecule has 0 aromatic rings. The van der Waals surface area contributed by atoms with E-state index in [-0.39, 0.29) is 109 Å². The van der Waals surface area contributed by atoms with Crippen LogP contribution in [0, 0.1) is 12.8 Å². The second-order valence-corrected chi connectivity index (χ2v) is 5.36. The fraction of sp³-hybridized carbons (Fsp3) is 0.667. The Bertz CT molecular complexity index is 158. The van der Waals surface area contributed by atoms with Crippen LogP contribution >= 0.6 is 18.6 Å². The Morgan fingerprint density at radius 2 is 0.833 bits per heavy atom. The van der Waals surface area contributed by atoms with Gasteiger partial charge in [0.15, 0.2) is 0 Å². The molecule has 0 fully saturated rings. The van der Waals surface area contributed by atoms with Crippen molar-refractivity contribution >= 4 is 30.4 Å². The molecule has 0 aromatic carbocycles. The monoisotopic (exact) mass is 588 g/mol. The summed E-state index contributed by atoms with van der Waals surface area (Å²) in [5.74, 6) is -0.991. The maximum absolute atomic E-state index is 9.48. The molecule has 4 nitrogen and oxygen atoms in total. The molecule has 0 atom stereocenters. The average molecular weight is 588 g/mol. The second kappa shape index (κ2) is 81.4. The molecule has 0 heterocycles. The van der Waals surface area contributed by atoms with Crippen molar-refractivity contribution in [3.05, 3.63) is 24.3 Å². The van der Waals surface area contributed by atoms with Gasteiger partial charge < -0.3 is 33.9 Å². The summed E-state index contributed by atoms with van der Waals surface area (Å²) in [4.78, 5) is 19.0. The van der Waals surface area contributed by atoms with E-state index >= 15 is 0 Å². The summed E-state index contributed by atoms with van der Waals surface area (Å²) in [6.45, 7) is 11.3. The van der Waals surface area contributed by atoms with E-state index in [9.17, 15) is 9.59 Å². The summed E-state index contributed by atoms with van der Waals surface area (Å²) < 4.78 is 0. The van der Waals surface area contributed by atoms with E-state index < -0.39 is 28.8 Å². The Balaban J connectivity index is -0.0000000124. The molecule has 0 aliphatic heterocycles. The molecule has 0 rings (SSSR count). The van der Waals surface area contributed by atoms with Gasteiger partial charge >= 0.3 is 57.4 Å². The minimum absolute atomic E-state index is 0. The number of hydrogen-bond acceptors (Lipinski definition) is 2. The van der Waals surface area contributed by atoms with Crippen LogP contribution in [0.15, 0.2) is 0 Å². The molecule has 0 unspecified atom stereocenters. The van der Waals surface area contributed by atoms with Gasteiger partial charge in [0, 0.05) is 98.7 Å². The van der Waals surface area contributed by atoms with E-state index in [0.29, 0.717) is 12.8 Å². The van der Waals surface area contributed by atoms with Crippen LogP contribution in [0.25, 0.3) is 11.5 Å². The van der Waals surface area contributed by atoms with Crippen LogP contribution in [0.3, 0.4) is 0 Å². The maximum Gasteiger partial charge on any atom is 2.00 e. The van der Waals surface area contributed by atoms with E-state index in [2.05, 4.69) is 0 Å². The van der Waals surface area contributed by atoms with Crippen molar-refractivity contribution in [1.29, 1.82) is 0 Å². The molecule has 0 saturated carbocycles.